The Bertz CT molecular complexity index is 982. The number of aliphatic imine (C=N–C) groups is 1. The minimum absolute atomic E-state index is 0.152. The fourth-order valence-electron chi connectivity index (χ4n) is 2.34. The molecular formula is C18H12N4OS. The van der Waals surface area contributed by atoms with Crippen molar-refractivity contribution < 1.29 is 4.79 Å². The highest BCUT2D eigenvalue weighted by Crippen LogP contribution is 2.28. The normalized spacial score (nSPS) is 17.6. The molecule has 1 amide bonds. The molecule has 1 fully saturated rings. The van der Waals surface area contributed by atoms with E-state index in [1.807, 2.05) is 48.5 Å². The SMILES string of the molecule is O=C1NC(=Nc2ccccn2)SC1=Cc1ccc2ncccc2c1. The molecule has 0 atom stereocenters. The lowest BCUT2D eigenvalue weighted by atomic mass is 10.1. The lowest BCUT2D eigenvalue weighted by molar-refractivity contribution is -0.115. The number of aromatic nitrogens is 2. The third-order valence-electron chi connectivity index (χ3n) is 3.44. The van der Waals surface area contributed by atoms with Gasteiger partial charge in [0.1, 0.15) is 0 Å². The van der Waals surface area contributed by atoms with Gasteiger partial charge >= 0.3 is 0 Å². The van der Waals surface area contributed by atoms with Gasteiger partial charge in [-0.25, -0.2) is 9.98 Å². The molecule has 0 spiro atoms. The first-order chi connectivity index (χ1) is 11.8. The summed E-state index contributed by atoms with van der Waals surface area (Å²) in [6, 6.07) is 15.3. The molecular weight excluding hydrogens is 320 g/mol. The fourth-order valence-corrected chi connectivity index (χ4v) is 3.17. The zero-order valence-corrected chi connectivity index (χ0v) is 13.3. The number of benzene rings is 1. The van der Waals surface area contributed by atoms with Crippen molar-refractivity contribution in [2.45, 2.75) is 0 Å². The van der Waals surface area contributed by atoms with Crippen LogP contribution in [0, 0.1) is 0 Å². The lowest BCUT2D eigenvalue weighted by Crippen LogP contribution is -2.19. The van der Waals surface area contributed by atoms with Crippen LogP contribution < -0.4 is 5.32 Å². The summed E-state index contributed by atoms with van der Waals surface area (Å²) in [4.78, 5) is 25.5. The van der Waals surface area contributed by atoms with Gasteiger partial charge in [0, 0.05) is 17.8 Å². The van der Waals surface area contributed by atoms with E-state index in [-0.39, 0.29) is 5.91 Å². The molecule has 0 unspecified atom stereocenters. The summed E-state index contributed by atoms with van der Waals surface area (Å²) in [5.41, 5.74) is 1.88. The van der Waals surface area contributed by atoms with Crippen LogP contribution in [-0.2, 0) is 4.79 Å². The van der Waals surface area contributed by atoms with Crippen molar-refractivity contribution in [2.75, 3.05) is 0 Å². The first-order valence-corrected chi connectivity index (χ1v) is 8.15. The number of amidine groups is 1. The van der Waals surface area contributed by atoms with E-state index in [1.165, 1.54) is 11.8 Å². The molecule has 116 valence electrons. The number of rotatable bonds is 2. The topological polar surface area (TPSA) is 67.2 Å². The van der Waals surface area contributed by atoms with Crippen molar-refractivity contribution in [3.63, 3.8) is 0 Å². The van der Waals surface area contributed by atoms with Gasteiger partial charge in [-0.2, -0.15) is 0 Å². The number of carbonyl (C=O) groups excluding carboxylic acids is 1. The van der Waals surface area contributed by atoms with Crippen LogP contribution in [0.5, 0.6) is 0 Å². The Labute approximate surface area is 142 Å². The van der Waals surface area contributed by atoms with Crippen molar-refractivity contribution in [2.24, 2.45) is 4.99 Å². The zero-order chi connectivity index (χ0) is 16.4. The van der Waals surface area contributed by atoms with Gasteiger partial charge in [-0.3, -0.25) is 9.78 Å². The molecule has 1 aliphatic rings. The summed E-state index contributed by atoms with van der Waals surface area (Å²) in [7, 11) is 0. The van der Waals surface area contributed by atoms with Gasteiger partial charge in [0.15, 0.2) is 11.0 Å². The first kappa shape index (κ1) is 14.6. The average Bonchev–Trinajstić information content (AvgIpc) is 2.95. The van der Waals surface area contributed by atoms with Crippen LogP contribution in [0.15, 0.2) is 70.8 Å². The molecule has 0 bridgehead atoms. The minimum atomic E-state index is -0.152. The average molecular weight is 332 g/mol. The molecule has 0 radical (unpaired) electrons. The maximum absolute atomic E-state index is 12.1. The highest BCUT2D eigenvalue weighted by molar-refractivity contribution is 8.18. The minimum Gasteiger partial charge on any atom is -0.300 e. The van der Waals surface area contributed by atoms with Gasteiger partial charge in [-0.1, -0.05) is 18.2 Å². The second-order valence-corrected chi connectivity index (χ2v) is 6.16. The Balaban J connectivity index is 1.62. The maximum atomic E-state index is 12.1. The van der Waals surface area contributed by atoms with Crippen LogP contribution in [0.25, 0.3) is 17.0 Å². The molecule has 6 heteroatoms. The van der Waals surface area contributed by atoms with E-state index in [1.54, 1.807) is 18.5 Å². The fraction of sp³-hybridized carbons (Fsp3) is 0. The third-order valence-corrected chi connectivity index (χ3v) is 4.35. The summed E-state index contributed by atoms with van der Waals surface area (Å²) in [5, 5.41) is 4.34. The van der Waals surface area contributed by atoms with E-state index < -0.39 is 0 Å². The molecule has 5 nitrogen and oxygen atoms in total. The Morgan fingerprint density at radius 1 is 1.04 bits per heavy atom. The van der Waals surface area contributed by atoms with Gasteiger partial charge in [0.2, 0.25) is 0 Å². The Hall–Kier alpha value is -2.99. The largest absolute Gasteiger partial charge is 0.300 e. The summed E-state index contributed by atoms with van der Waals surface area (Å²) in [6.07, 6.45) is 5.29. The number of pyridine rings is 2. The van der Waals surface area contributed by atoms with Crippen LogP contribution in [-0.4, -0.2) is 21.0 Å². The number of amides is 1. The Morgan fingerprint density at radius 3 is 2.83 bits per heavy atom. The first-order valence-electron chi connectivity index (χ1n) is 7.33. The number of hydrogen-bond donors (Lipinski definition) is 1. The molecule has 1 N–H and O–H groups in total. The molecule has 1 aliphatic heterocycles. The van der Waals surface area contributed by atoms with Gasteiger partial charge in [0.25, 0.3) is 5.91 Å². The molecule has 0 aliphatic carbocycles. The number of fused-ring (bicyclic) bond motifs is 1. The highest BCUT2D eigenvalue weighted by atomic mass is 32.2. The number of carbonyl (C=O) groups is 1. The molecule has 3 heterocycles. The Kier molecular flexibility index (Phi) is 3.80. The van der Waals surface area contributed by atoms with E-state index in [0.717, 1.165) is 16.5 Å². The predicted molar refractivity (Wildman–Crippen MR) is 96.8 cm³/mol. The van der Waals surface area contributed by atoms with E-state index in [9.17, 15) is 4.79 Å². The van der Waals surface area contributed by atoms with Crippen LogP contribution >= 0.6 is 11.8 Å². The summed E-state index contributed by atoms with van der Waals surface area (Å²) < 4.78 is 0. The van der Waals surface area contributed by atoms with Crippen molar-refractivity contribution >= 4 is 45.6 Å². The number of nitrogens with one attached hydrogen (secondary N) is 1. The predicted octanol–water partition coefficient (Wildman–Crippen LogP) is 3.52. The van der Waals surface area contributed by atoms with E-state index in [0.29, 0.717) is 15.9 Å². The van der Waals surface area contributed by atoms with E-state index >= 15 is 0 Å². The van der Waals surface area contributed by atoms with Gasteiger partial charge in [-0.05, 0) is 53.7 Å². The van der Waals surface area contributed by atoms with Crippen molar-refractivity contribution in [1.82, 2.24) is 15.3 Å². The molecule has 1 saturated heterocycles. The number of hydrogen-bond acceptors (Lipinski definition) is 5. The standard InChI is InChI=1S/C18H12N4OS/c23-17-15(24-18(22-17)21-16-5-1-2-8-20-16)11-12-6-7-14-13(10-12)4-3-9-19-14/h1-11H,(H,20,21,22,23). The van der Waals surface area contributed by atoms with Crippen molar-refractivity contribution in [1.29, 1.82) is 0 Å². The van der Waals surface area contributed by atoms with Crippen LogP contribution in [0.4, 0.5) is 5.82 Å². The lowest BCUT2D eigenvalue weighted by Gasteiger charge is -1.99. The number of thioether (sulfide) groups is 1. The monoisotopic (exact) mass is 332 g/mol. The second-order valence-electron chi connectivity index (χ2n) is 5.13. The molecule has 1 aromatic carbocycles. The summed E-state index contributed by atoms with van der Waals surface area (Å²) in [5.74, 6) is 0.416. The van der Waals surface area contributed by atoms with Crippen LogP contribution in [0.1, 0.15) is 5.56 Å². The van der Waals surface area contributed by atoms with Gasteiger partial charge in [-0.15, -0.1) is 0 Å². The van der Waals surface area contributed by atoms with Crippen molar-refractivity contribution in [3.8, 4) is 0 Å². The smallest absolute Gasteiger partial charge is 0.264 e. The molecule has 3 aromatic rings. The second kappa shape index (κ2) is 6.25. The van der Waals surface area contributed by atoms with Crippen LogP contribution in [0.3, 0.4) is 0 Å². The molecule has 2 aromatic heterocycles. The van der Waals surface area contributed by atoms with E-state index in [4.69, 9.17) is 0 Å². The van der Waals surface area contributed by atoms with Crippen LogP contribution in [0.2, 0.25) is 0 Å². The van der Waals surface area contributed by atoms with Gasteiger partial charge < -0.3 is 5.32 Å². The third kappa shape index (κ3) is 3.04. The van der Waals surface area contributed by atoms with Crippen molar-refractivity contribution in [3.05, 3.63) is 71.4 Å². The van der Waals surface area contributed by atoms with E-state index in [2.05, 4.69) is 20.3 Å². The maximum Gasteiger partial charge on any atom is 0.264 e. The highest BCUT2D eigenvalue weighted by Gasteiger charge is 2.23. The zero-order valence-electron chi connectivity index (χ0n) is 12.5. The Morgan fingerprint density at radius 2 is 1.96 bits per heavy atom. The molecule has 24 heavy (non-hydrogen) atoms. The molecule has 0 saturated carbocycles. The molecule has 4 rings (SSSR count). The number of nitrogens with zero attached hydrogens (tertiary/aromatic N) is 3. The quantitative estimate of drug-likeness (QED) is 0.729. The summed E-state index contributed by atoms with van der Waals surface area (Å²) >= 11 is 1.31. The van der Waals surface area contributed by atoms with Gasteiger partial charge in [0.05, 0.1) is 10.4 Å². The summed E-state index contributed by atoms with van der Waals surface area (Å²) in [6.45, 7) is 0.